The maximum atomic E-state index is 10.5. The molecule has 0 amide bonds. The van der Waals surface area contributed by atoms with Crippen LogP contribution in [0.25, 0.3) is 16.8 Å². The lowest BCUT2D eigenvalue weighted by Crippen LogP contribution is -2.50. The molecule has 7 heteroatoms. The average Bonchev–Trinajstić information content (AvgIpc) is 3.22. The van der Waals surface area contributed by atoms with E-state index in [1.807, 2.05) is 52.1 Å². The first-order chi connectivity index (χ1) is 12.3. The van der Waals surface area contributed by atoms with Gasteiger partial charge in [-0.2, -0.15) is 5.10 Å². The van der Waals surface area contributed by atoms with Crippen LogP contribution in [0.1, 0.15) is 12.8 Å². The summed E-state index contributed by atoms with van der Waals surface area (Å²) in [6.07, 6.45) is 5.20. The Balaban J connectivity index is 1.58. The van der Waals surface area contributed by atoms with Crippen molar-refractivity contribution in [2.75, 3.05) is 23.3 Å². The minimum atomic E-state index is -0.730. The Morgan fingerprint density at radius 1 is 1.20 bits per heavy atom. The van der Waals surface area contributed by atoms with Gasteiger partial charge in [-0.05, 0) is 43.7 Å². The zero-order chi connectivity index (χ0) is 16.8. The van der Waals surface area contributed by atoms with Gasteiger partial charge in [0, 0.05) is 24.3 Å². The first kappa shape index (κ1) is 14.7. The van der Waals surface area contributed by atoms with Crippen molar-refractivity contribution in [1.82, 2.24) is 19.9 Å². The number of pyridine rings is 2. The van der Waals surface area contributed by atoms with Gasteiger partial charge in [-0.3, -0.25) is 0 Å². The highest BCUT2D eigenvalue weighted by Gasteiger charge is 2.35. The zero-order valence-corrected chi connectivity index (χ0v) is 13.8. The maximum Gasteiger partial charge on any atom is 0.206 e. The summed E-state index contributed by atoms with van der Waals surface area (Å²) in [4.78, 5) is 6.87. The Morgan fingerprint density at radius 2 is 2.16 bits per heavy atom. The molecule has 0 radical (unpaired) electrons. The molecule has 1 fully saturated rings. The molecule has 5 rings (SSSR count). The number of piperidine rings is 1. The number of aromatic nitrogens is 3. The Bertz CT molecular complexity index is 917. The van der Waals surface area contributed by atoms with Gasteiger partial charge in [-0.15, -0.1) is 0 Å². The van der Waals surface area contributed by atoms with Gasteiger partial charge in [0.25, 0.3) is 0 Å². The van der Waals surface area contributed by atoms with Crippen molar-refractivity contribution >= 4 is 17.0 Å². The molecule has 3 aromatic rings. The molecule has 0 spiro atoms. The highest BCUT2D eigenvalue weighted by atomic mass is 16.3. The van der Waals surface area contributed by atoms with Crippen molar-refractivity contribution in [3.63, 3.8) is 0 Å². The van der Waals surface area contributed by atoms with Crippen LogP contribution in [0, 0.1) is 0 Å². The summed E-state index contributed by atoms with van der Waals surface area (Å²) in [5.74, 6) is 0.814. The smallest absolute Gasteiger partial charge is 0.206 e. The van der Waals surface area contributed by atoms with Crippen LogP contribution in [0.3, 0.4) is 0 Å². The van der Waals surface area contributed by atoms with Gasteiger partial charge in [0.1, 0.15) is 0 Å². The van der Waals surface area contributed by atoms with Crippen LogP contribution in [0.2, 0.25) is 0 Å². The monoisotopic (exact) mass is 336 g/mol. The molecule has 3 aromatic heterocycles. The van der Waals surface area contributed by atoms with Crippen molar-refractivity contribution in [2.24, 2.45) is 0 Å². The van der Waals surface area contributed by atoms with Crippen LogP contribution in [-0.2, 0) is 0 Å². The van der Waals surface area contributed by atoms with E-state index in [0.717, 1.165) is 54.2 Å². The normalized spacial score (nSPS) is 22.8. The number of fused-ring (bicyclic) bond motifs is 2. The number of hydrogen-bond donors (Lipinski definition) is 3. The summed E-state index contributed by atoms with van der Waals surface area (Å²) in [5, 5.41) is 21.4. The first-order valence-electron chi connectivity index (χ1n) is 8.69. The molecule has 2 atom stereocenters. The van der Waals surface area contributed by atoms with Gasteiger partial charge in [0.15, 0.2) is 5.82 Å². The van der Waals surface area contributed by atoms with Gasteiger partial charge in [-0.25, -0.2) is 9.50 Å². The van der Waals surface area contributed by atoms with E-state index in [4.69, 9.17) is 4.98 Å². The zero-order valence-electron chi connectivity index (χ0n) is 13.8. The average molecular weight is 336 g/mol. The van der Waals surface area contributed by atoms with Crippen molar-refractivity contribution < 1.29 is 5.11 Å². The van der Waals surface area contributed by atoms with E-state index in [0.29, 0.717) is 0 Å². The minimum absolute atomic E-state index is 0.240. The van der Waals surface area contributed by atoms with E-state index >= 15 is 0 Å². The fraction of sp³-hybridized carbons (Fsp3) is 0.333. The number of nitrogens with zero attached hydrogens (tertiary/aromatic N) is 4. The fourth-order valence-electron chi connectivity index (χ4n) is 3.81. The van der Waals surface area contributed by atoms with Gasteiger partial charge >= 0.3 is 0 Å². The summed E-state index contributed by atoms with van der Waals surface area (Å²) >= 11 is 0. The van der Waals surface area contributed by atoms with Crippen LogP contribution < -0.4 is 15.5 Å². The van der Waals surface area contributed by atoms with Crippen LogP contribution in [0.5, 0.6) is 0 Å². The standard InChI is InChI=1S/C18H20N6O/c25-18-22-15-7-6-14(13-11-20-23-9-2-1-5-16(13)23)21-17(15)24(18)12-4-3-8-19-10-12/h1-2,5-7,9,11-12,18-19,22,25H,3-4,8,10H2/t12?,18-/m0/s1. The number of rotatable bonds is 2. The molecule has 0 saturated carbocycles. The maximum absolute atomic E-state index is 10.5. The first-order valence-corrected chi connectivity index (χ1v) is 8.69. The second-order valence-electron chi connectivity index (χ2n) is 6.58. The van der Waals surface area contributed by atoms with Crippen molar-refractivity contribution in [3.05, 3.63) is 42.7 Å². The fourth-order valence-corrected chi connectivity index (χ4v) is 3.81. The van der Waals surface area contributed by atoms with Crippen molar-refractivity contribution in [3.8, 4) is 11.3 Å². The Labute approximate surface area is 145 Å². The molecule has 7 nitrogen and oxygen atoms in total. The highest BCUT2D eigenvalue weighted by Crippen LogP contribution is 2.37. The van der Waals surface area contributed by atoms with Crippen molar-refractivity contribution in [2.45, 2.75) is 25.2 Å². The molecule has 1 unspecified atom stereocenters. The SMILES string of the molecule is O[C@H]1Nc2ccc(-c3cnn4ccccc34)nc2N1C1CCCNC1. The van der Waals surface area contributed by atoms with E-state index in [9.17, 15) is 5.11 Å². The largest absolute Gasteiger partial charge is 0.356 e. The lowest BCUT2D eigenvalue weighted by Gasteiger charge is -2.34. The third kappa shape index (κ3) is 2.35. The molecule has 0 aliphatic carbocycles. The number of nitrogens with one attached hydrogen (secondary N) is 2. The van der Waals surface area contributed by atoms with Crippen molar-refractivity contribution in [1.29, 1.82) is 0 Å². The van der Waals surface area contributed by atoms with Crippen LogP contribution in [0.15, 0.2) is 42.7 Å². The Kier molecular flexibility index (Phi) is 3.36. The molecule has 0 bridgehead atoms. The Hall–Kier alpha value is -2.64. The molecule has 1 saturated heterocycles. The summed E-state index contributed by atoms with van der Waals surface area (Å²) in [5.41, 5.74) is 3.75. The second kappa shape index (κ2) is 5.72. The summed E-state index contributed by atoms with van der Waals surface area (Å²) < 4.78 is 1.85. The summed E-state index contributed by atoms with van der Waals surface area (Å²) in [7, 11) is 0. The van der Waals surface area contributed by atoms with E-state index < -0.39 is 6.35 Å². The van der Waals surface area contributed by atoms with Gasteiger partial charge in [-0.1, -0.05) is 6.07 Å². The summed E-state index contributed by atoms with van der Waals surface area (Å²) in [6, 6.07) is 10.2. The van der Waals surface area contributed by atoms with Gasteiger partial charge in [0.05, 0.1) is 23.1 Å². The highest BCUT2D eigenvalue weighted by molar-refractivity contribution is 5.82. The summed E-state index contributed by atoms with van der Waals surface area (Å²) in [6.45, 7) is 1.90. The van der Waals surface area contributed by atoms with E-state index in [1.54, 1.807) is 0 Å². The second-order valence-corrected chi connectivity index (χ2v) is 6.58. The third-order valence-corrected chi connectivity index (χ3v) is 5.03. The van der Waals surface area contributed by atoms with Gasteiger partial charge < -0.3 is 20.6 Å². The molecular weight excluding hydrogens is 316 g/mol. The topological polar surface area (TPSA) is 77.7 Å². The lowest BCUT2D eigenvalue weighted by atomic mass is 10.1. The molecular formula is C18H20N6O. The third-order valence-electron chi connectivity index (χ3n) is 5.03. The quantitative estimate of drug-likeness (QED) is 0.661. The minimum Gasteiger partial charge on any atom is -0.356 e. The van der Waals surface area contributed by atoms with Crippen LogP contribution >= 0.6 is 0 Å². The molecule has 2 aliphatic heterocycles. The van der Waals surface area contributed by atoms with Crippen LogP contribution in [-0.4, -0.2) is 45.2 Å². The molecule has 2 aliphatic rings. The van der Waals surface area contributed by atoms with Crippen LogP contribution in [0.4, 0.5) is 11.5 Å². The van der Waals surface area contributed by atoms with E-state index in [2.05, 4.69) is 15.7 Å². The predicted octanol–water partition coefficient (Wildman–Crippen LogP) is 1.66. The van der Waals surface area contributed by atoms with E-state index in [-0.39, 0.29) is 6.04 Å². The molecule has 0 aromatic carbocycles. The number of hydrogen-bond acceptors (Lipinski definition) is 6. The number of aliphatic hydroxyl groups is 1. The number of anilines is 2. The molecule has 5 heterocycles. The molecule has 3 N–H and O–H groups in total. The molecule has 25 heavy (non-hydrogen) atoms. The Morgan fingerprint density at radius 3 is 3.04 bits per heavy atom. The number of aliphatic hydroxyl groups excluding tert-OH is 1. The predicted molar refractivity (Wildman–Crippen MR) is 96.4 cm³/mol. The molecule has 128 valence electrons. The lowest BCUT2D eigenvalue weighted by molar-refractivity contribution is 0.185. The van der Waals surface area contributed by atoms with Gasteiger partial charge in [0.2, 0.25) is 6.35 Å². The van der Waals surface area contributed by atoms with E-state index in [1.165, 1.54) is 0 Å².